The number of rotatable bonds is 7. The molecule has 0 radical (unpaired) electrons. The number of fused-ring (bicyclic) bond motifs is 2. The Kier molecular flexibility index (Phi) is 6.48. The van der Waals surface area contributed by atoms with Gasteiger partial charge in [0.25, 0.3) is 0 Å². The molecule has 0 aliphatic carbocycles. The number of benzene rings is 2. The molecule has 6 heteroatoms. The van der Waals surface area contributed by atoms with E-state index in [-0.39, 0.29) is 0 Å². The van der Waals surface area contributed by atoms with Gasteiger partial charge in [0, 0.05) is 42.3 Å². The number of nitrogens with zero attached hydrogens (tertiary/aromatic N) is 3. The van der Waals surface area contributed by atoms with Gasteiger partial charge in [0.1, 0.15) is 11.3 Å². The molecule has 0 unspecified atom stereocenters. The third kappa shape index (κ3) is 4.83. The third-order valence-corrected chi connectivity index (χ3v) is 6.61. The largest absolute Gasteiger partial charge is 0.494 e. The highest BCUT2D eigenvalue weighted by Crippen LogP contribution is 2.29. The first-order valence-corrected chi connectivity index (χ1v) is 11.6. The van der Waals surface area contributed by atoms with E-state index in [1.54, 1.807) is 13.3 Å². The Bertz CT molecular complexity index is 1240. The molecule has 2 N–H and O–H groups in total. The minimum atomic E-state index is -0.559. The second-order valence-corrected chi connectivity index (χ2v) is 8.76. The minimum absolute atomic E-state index is 0.482. The van der Waals surface area contributed by atoms with Crippen molar-refractivity contribution in [3.8, 4) is 5.75 Å². The van der Waals surface area contributed by atoms with Crippen molar-refractivity contribution in [1.29, 1.82) is 0 Å². The maximum absolute atomic E-state index is 11.0. The summed E-state index contributed by atoms with van der Waals surface area (Å²) in [4.78, 5) is 11.4. The number of ether oxygens (including phenoxy) is 1. The van der Waals surface area contributed by atoms with Crippen molar-refractivity contribution >= 4 is 21.8 Å². The predicted octanol–water partition coefficient (Wildman–Crippen LogP) is 4.08. The number of aliphatic hydroxyl groups is 1. The van der Waals surface area contributed by atoms with Gasteiger partial charge in [-0.2, -0.15) is 0 Å². The Morgan fingerprint density at radius 3 is 2.79 bits per heavy atom. The van der Waals surface area contributed by atoms with E-state index in [1.165, 1.54) is 10.9 Å². The number of aliphatic hydroxyl groups excluding tert-OH is 1. The maximum atomic E-state index is 11.0. The monoisotopic (exact) mass is 442 g/mol. The molecule has 4 aromatic rings. The van der Waals surface area contributed by atoms with E-state index >= 15 is 0 Å². The van der Waals surface area contributed by atoms with Crippen LogP contribution in [0.2, 0.25) is 0 Å². The first kappa shape index (κ1) is 21.8. The number of hydrogen-bond acceptors (Lipinski definition) is 6. The summed E-state index contributed by atoms with van der Waals surface area (Å²) in [5.74, 6) is 0.732. The first-order chi connectivity index (χ1) is 16.2. The van der Waals surface area contributed by atoms with E-state index in [0.717, 1.165) is 60.2 Å². The van der Waals surface area contributed by atoms with Gasteiger partial charge in [0.2, 0.25) is 0 Å². The molecule has 0 saturated carbocycles. The number of piperidine rings is 1. The van der Waals surface area contributed by atoms with Crippen molar-refractivity contribution in [3.63, 3.8) is 0 Å². The lowest BCUT2D eigenvalue weighted by atomic mass is 10.0. The fourth-order valence-corrected chi connectivity index (χ4v) is 4.76. The molecule has 2 aromatic heterocycles. The molecule has 0 amide bonds. The van der Waals surface area contributed by atoms with Gasteiger partial charge in [0.05, 0.1) is 18.7 Å². The van der Waals surface area contributed by atoms with Crippen LogP contribution in [0.4, 0.5) is 0 Å². The first-order valence-electron chi connectivity index (χ1n) is 11.6. The third-order valence-electron chi connectivity index (χ3n) is 6.61. The highest BCUT2D eigenvalue weighted by atomic mass is 16.5. The number of nitrogens with one attached hydrogen (secondary N) is 1. The normalized spacial score (nSPS) is 16.3. The molecule has 1 aliphatic heterocycles. The smallest absolute Gasteiger partial charge is 0.145 e. The molecule has 1 aliphatic rings. The van der Waals surface area contributed by atoms with Crippen LogP contribution in [0.5, 0.6) is 5.75 Å². The number of para-hydroxylation sites is 2. The summed E-state index contributed by atoms with van der Waals surface area (Å²) in [5, 5.41) is 16.8. The Labute approximate surface area is 194 Å². The molecule has 170 valence electrons. The fraction of sp³-hybridized carbons (Fsp3) is 0.333. The van der Waals surface area contributed by atoms with Gasteiger partial charge in [-0.05, 0) is 61.3 Å². The van der Waals surface area contributed by atoms with E-state index < -0.39 is 6.10 Å². The van der Waals surface area contributed by atoms with E-state index in [1.807, 2.05) is 42.6 Å². The van der Waals surface area contributed by atoms with E-state index in [2.05, 4.69) is 38.4 Å². The second-order valence-electron chi connectivity index (χ2n) is 8.76. The summed E-state index contributed by atoms with van der Waals surface area (Å²) in [6.45, 7) is 3.39. The van der Waals surface area contributed by atoms with Gasteiger partial charge >= 0.3 is 0 Å². The zero-order valence-corrected chi connectivity index (χ0v) is 18.9. The summed E-state index contributed by atoms with van der Waals surface area (Å²) in [5.41, 5.74) is 3.95. The van der Waals surface area contributed by atoms with Gasteiger partial charge < -0.3 is 20.1 Å². The lowest BCUT2D eigenvalue weighted by Crippen LogP contribution is -2.43. The number of methoxy groups -OCH3 is 1. The predicted molar refractivity (Wildman–Crippen MR) is 131 cm³/mol. The minimum Gasteiger partial charge on any atom is -0.494 e. The molecule has 1 fully saturated rings. The van der Waals surface area contributed by atoms with Crippen LogP contribution in [0.25, 0.3) is 21.8 Å². The number of β-amino-alcohol motifs (C(OH)–C–C–N with tert-alkyl or cyclic N) is 1. The van der Waals surface area contributed by atoms with Crippen LogP contribution < -0.4 is 10.1 Å². The highest BCUT2D eigenvalue weighted by molar-refractivity contribution is 5.87. The van der Waals surface area contributed by atoms with Crippen LogP contribution in [0.3, 0.4) is 0 Å². The zero-order chi connectivity index (χ0) is 22.6. The van der Waals surface area contributed by atoms with E-state index in [4.69, 9.17) is 4.74 Å². The maximum Gasteiger partial charge on any atom is 0.145 e. The lowest BCUT2D eigenvalue weighted by Gasteiger charge is -2.33. The van der Waals surface area contributed by atoms with Crippen LogP contribution in [0.15, 0.2) is 67.0 Å². The summed E-state index contributed by atoms with van der Waals surface area (Å²) >= 11 is 0. The molecule has 5 rings (SSSR count). The van der Waals surface area contributed by atoms with Crippen LogP contribution in [-0.2, 0) is 6.54 Å². The lowest BCUT2D eigenvalue weighted by molar-refractivity contribution is 0.0949. The van der Waals surface area contributed by atoms with Crippen molar-refractivity contribution < 1.29 is 9.84 Å². The number of hydrogen-bond donors (Lipinski definition) is 2. The van der Waals surface area contributed by atoms with Gasteiger partial charge in [-0.25, -0.2) is 0 Å². The molecule has 33 heavy (non-hydrogen) atoms. The molecule has 6 nitrogen and oxygen atoms in total. The van der Waals surface area contributed by atoms with Crippen LogP contribution in [0.1, 0.15) is 30.1 Å². The van der Waals surface area contributed by atoms with Gasteiger partial charge in [-0.1, -0.05) is 30.3 Å². The second kappa shape index (κ2) is 9.83. The molecule has 1 saturated heterocycles. The summed E-state index contributed by atoms with van der Waals surface area (Å²) in [6, 6.07) is 18.7. The van der Waals surface area contributed by atoms with Gasteiger partial charge in [-0.3, -0.25) is 9.97 Å². The number of pyridine rings is 2. The number of aromatic nitrogens is 2. The molecule has 2 aromatic carbocycles. The molecule has 0 bridgehead atoms. The quantitative estimate of drug-likeness (QED) is 0.450. The van der Waals surface area contributed by atoms with E-state index in [0.29, 0.717) is 12.6 Å². The molecule has 1 atom stereocenters. The number of likely N-dealkylation sites (tertiary alicyclic amines) is 1. The highest BCUT2D eigenvalue weighted by Gasteiger charge is 2.22. The topological polar surface area (TPSA) is 70.5 Å². The average molecular weight is 443 g/mol. The van der Waals surface area contributed by atoms with Crippen molar-refractivity contribution in [2.75, 3.05) is 26.7 Å². The summed E-state index contributed by atoms with van der Waals surface area (Å²) in [7, 11) is 1.65. The fourth-order valence-electron chi connectivity index (χ4n) is 4.76. The molecular formula is C27H30N4O2. The van der Waals surface area contributed by atoms with Crippen LogP contribution >= 0.6 is 0 Å². The van der Waals surface area contributed by atoms with Gasteiger partial charge in [0.15, 0.2) is 0 Å². The van der Waals surface area contributed by atoms with Crippen LogP contribution in [0, 0.1) is 0 Å². The Balaban J connectivity index is 1.16. The SMILES string of the molecule is COc1cccc2c([C@@H](O)CN3CCC(NCc4cnc5ccccc5c4)CC3)ccnc12. The Morgan fingerprint density at radius 2 is 1.94 bits per heavy atom. The van der Waals surface area contributed by atoms with Gasteiger partial charge in [-0.15, -0.1) is 0 Å². The van der Waals surface area contributed by atoms with Crippen molar-refractivity contribution in [2.24, 2.45) is 0 Å². The summed E-state index contributed by atoms with van der Waals surface area (Å²) < 4.78 is 5.43. The molecular weight excluding hydrogens is 412 g/mol. The zero-order valence-electron chi connectivity index (χ0n) is 18.9. The van der Waals surface area contributed by atoms with Crippen molar-refractivity contribution in [3.05, 3.63) is 78.1 Å². The standard InChI is InChI=1S/C27H30N4O2/c1-33-26-8-4-6-23-22(9-12-28-27(23)26)25(32)18-31-13-10-21(11-14-31)29-16-19-15-20-5-2-3-7-24(20)30-17-19/h2-9,12,15,17,21,25,29,32H,10-11,13-14,16,18H2,1H3/t25-/m0/s1. The van der Waals surface area contributed by atoms with Crippen LogP contribution in [-0.4, -0.2) is 52.8 Å². The van der Waals surface area contributed by atoms with Crippen molar-refractivity contribution in [1.82, 2.24) is 20.2 Å². The molecule has 0 spiro atoms. The molecule has 3 heterocycles. The Hall–Kier alpha value is -3.06. The average Bonchev–Trinajstić information content (AvgIpc) is 2.87. The summed E-state index contributed by atoms with van der Waals surface area (Å²) in [6.07, 6.45) is 5.30. The van der Waals surface area contributed by atoms with Crippen molar-refractivity contribution in [2.45, 2.75) is 31.5 Å². The Morgan fingerprint density at radius 1 is 1.09 bits per heavy atom. The van der Waals surface area contributed by atoms with E-state index in [9.17, 15) is 5.11 Å².